The van der Waals surface area contributed by atoms with Crippen LogP contribution in [0.2, 0.25) is 0 Å². The molecule has 1 atom stereocenters. The summed E-state index contributed by atoms with van der Waals surface area (Å²) < 4.78 is 6.36. The minimum absolute atomic E-state index is 0.165. The molecule has 5 nitrogen and oxygen atoms in total. The van der Waals surface area contributed by atoms with E-state index in [9.17, 15) is 9.59 Å². The molecule has 0 spiro atoms. The molecule has 1 saturated heterocycles. The third-order valence-electron chi connectivity index (χ3n) is 2.03. The van der Waals surface area contributed by atoms with Crippen LogP contribution < -0.4 is 11.2 Å². The molecule has 1 aromatic rings. The van der Waals surface area contributed by atoms with Crippen molar-refractivity contribution >= 4 is 0 Å². The zero-order valence-corrected chi connectivity index (χ0v) is 7.24. The van der Waals surface area contributed by atoms with Crippen molar-refractivity contribution in [1.29, 1.82) is 0 Å². The van der Waals surface area contributed by atoms with Gasteiger partial charge in [0.05, 0.1) is 12.7 Å². The average Bonchev–Trinajstić information content (AvgIpc) is 2.84. The maximum atomic E-state index is 11.2. The molecule has 0 saturated carbocycles. The van der Waals surface area contributed by atoms with Crippen molar-refractivity contribution in [2.24, 2.45) is 7.05 Å². The molecule has 1 unspecified atom stereocenters. The first kappa shape index (κ1) is 8.25. The van der Waals surface area contributed by atoms with Crippen LogP contribution in [0.5, 0.6) is 0 Å². The van der Waals surface area contributed by atoms with Gasteiger partial charge in [0.25, 0.3) is 5.56 Å². The van der Waals surface area contributed by atoms with Gasteiger partial charge in [-0.3, -0.25) is 9.78 Å². The molecule has 2 rings (SSSR count). The minimum Gasteiger partial charge on any atom is -0.373 e. The highest BCUT2D eigenvalue weighted by Crippen LogP contribution is 2.12. The molecule has 1 fully saturated rings. The van der Waals surface area contributed by atoms with Gasteiger partial charge in [0.15, 0.2) is 0 Å². The number of nitrogens with one attached hydrogen (secondary N) is 1. The monoisotopic (exact) mass is 182 g/mol. The van der Waals surface area contributed by atoms with Gasteiger partial charge in [-0.15, -0.1) is 0 Å². The van der Waals surface area contributed by atoms with Gasteiger partial charge >= 0.3 is 5.69 Å². The Bertz CT molecular complexity index is 428. The molecule has 0 radical (unpaired) electrons. The molecule has 70 valence electrons. The molecule has 0 amide bonds. The van der Waals surface area contributed by atoms with Gasteiger partial charge in [-0.1, -0.05) is 0 Å². The van der Waals surface area contributed by atoms with E-state index >= 15 is 0 Å². The number of aromatic amines is 1. The molecule has 1 aliphatic heterocycles. The molecule has 1 N–H and O–H groups in total. The summed E-state index contributed by atoms with van der Waals surface area (Å²) in [5.41, 5.74) is -0.0892. The summed E-state index contributed by atoms with van der Waals surface area (Å²) in [6, 6.07) is 0. The summed E-state index contributed by atoms with van der Waals surface area (Å²) in [5.74, 6) is 0. The Morgan fingerprint density at radius 1 is 1.69 bits per heavy atom. The lowest BCUT2D eigenvalue weighted by molar-refractivity contribution is 0.406. The second-order valence-corrected chi connectivity index (χ2v) is 3.18. The van der Waals surface area contributed by atoms with Gasteiger partial charge < -0.3 is 9.30 Å². The van der Waals surface area contributed by atoms with E-state index in [0.717, 1.165) is 0 Å². The fourth-order valence-corrected chi connectivity index (χ4v) is 1.19. The van der Waals surface area contributed by atoms with Crippen LogP contribution in [-0.2, 0) is 18.2 Å². The standard InChI is InChI=1S/C8H10N2O3/c1-10-3-5(2-6-4-13-6)7(11)9-8(10)12/h3,6H,2,4H2,1H3,(H,9,11,12). The molecule has 0 aromatic carbocycles. The second kappa shape index (κ2) is 2.85. The fourth-order valence-electron chi connectivity index (χ4n) is 1.19. The molecule has 1 aromatic heterocycles. The number of rotatable bonds is 2. The number of aromatic nitrogens is 2. The topological polar surface area (TPSA) is 67.4 Å². The molecular weight excluding hydrogens is 172 g/mol. The number of H-pyrrole nitrogens is 1. The SMILES string of the molecule is Cn1cc(CC2CO2)c(=O)[nH]c1=O. The lowest BCUT2D eigenvalue weighted by atomic mass is 10.2. The zero-order valence-electron chi connectivity index (χ0n) is 7.24. The number of ether oxygens (including phenoxy) is 1. The van der Waals surface area contributed by atoms with E-state index in [1.807, 2.05) is 0 Å². The molecule has 0 bridgehead atoms. The Morgan fingerprint density at radius 3 is 3.00 bits per heavy atom. The van der Waals surface area contributed by atoms with E-state index in [-0.39, 0.29) is 17.4 Å². The van der Waals surface area contributed by atoms with Gasteiger partial charge in [0.1, 0.15) is 0 Å². The van der Waals surface area contributed by atoms with Crippen molar-refractivity contribution in [2.75, 3.05) is 6.61 Å². The van der Waals surface area contributed by atoms with E-state index in [1.165, 1.54) is 4.57 Å². The highest BCUT2D eigenvalue weighted by Gasteiger charge is 2.24. The Balaban J connectivity index is 2.38. The highest BCUT2D eigenvalue weighted by molar-refractivity contribution is 5.07. The third kappa shape index (κ3) is 1.70. The van der Waals surface area contributed by atoms with Crippen LogP contribution in [0.4, 0.5) is 0 Å². The number of epoxide rings is 1. The van der Waals surface area contributed by atoms with Crippen molar-refractivity contribution in [3.05, 3.63) is 32.6 Å². The summed E-state index contributed by atoms with van der Waals surface area (Å²) in [5, 5.41) is 0. The van der Waals surface area contributed by atoms with E-state index in [0.29, 0.717) is 18.6 Å². The average molecular weight is 182 g/mol. The molecule has 13 heavy (non-hydrogen) atoms. The molecule has 2 heterocycles. The lowest BCUT2D eigenvalue weighted by Crippen LogP contribution is -2.30. The van der Waals surface area contributed by atoms with Crippen LogP contribution in [-0.4, -0.2) is 22.3 Å². The zero-order chi connectivity index (χ0) is 9.42. The summed E-state index contributed by atoms with van der Waals surface area (Å²) in [4.78, 5) is 24.4. The Kier molecular flexibility index (Phi) is 1.81. The van der Waals surface area contributed by atoms with Crippen LogP contribution in [0.1, 0.15) is 5.56 Å². The Hall–Kier alpha value is -1.36. The van der Waals surface area contributed by atoms with Crippen molar-refractivity contribution < 1.29 is 4.74 Å². The van der Waals surface area contributed by atoms with Gasteiger partial charge in [0, 0.05) is 25.2 Å². The maximum absolute atomic E-state index is 11.2. The maximum Gasteiger partial charge on any atom is 0.328 e. The Morgan fingerprint density at radius 2 is 2.38 bits per heavy atom. The van der Waals surface area contributed by atoms with Gasteiger partial charge in [-0.25, -0.2) is 4.79 Å². The molecule has 0 aliphatic carbocycles. The summed E-state index contributed by atoms with van der Waals surface area (Å²) >= 11 is 0. The quantitative estimate of drug-likeness (QED) is 0.597. The summed E-state index contributed by atoms with van der Waals surface area (Å²) in [6.45, 7) is 0.711. The summed E-state index contributed by atoms with van der Waals surface area (Å²) in [7, 11) is 1.61. The van der Waals surface area contributed by atoms with Crippen molar-refractivity contribution in [3.63, 3.8) is 0 Å². The normalized spacial score (nSPS) is 20.2. The van der Waals surface area contributed by atoms with E-state index in [4.69, 9.17) is 4.74 Å². The number of aryl methyl sites for hydroxylation is 1. The van der Waals surface area contributed by atoms with Gasteiger partial charge in [-0.05, 0) is 0 Å². The fraction of sp³-hybridized carbons (Fsp3) is 0.500. The smallest absolute Gasteiger partial charge is 0.328 e. The summed E-state index contributed by atoms with van der Waals surface area (Å²) in [6.07, 6.45) is 2.31. The Labute approximate surface area is 74.0 Å². The second-order valence-electron chi connectivity index (χ2n) is 3.18. The van der Waals surface area contributed by atoms with Crippen molar-refractivity contribution in [1.82, 2.24) is 9.55 Å². The van der Waals surface area contributed by atoms with Crippen molar-refractivity contribution in [2.45, 2.75) is 12.5 Å². The predicted octanol–water partition coefficient (Wildman–Crippen LogP) is -0.985. The van der Waals surface area contributed by atoms with E-state index < -0.39 is 0 Å². The van der Waals surface area contributed by atoms with Crippen molar-refractivity contribution in [3.8, 4) is 0 Å². The van der Waals surface area contributed by atoms with E-state index in [2.05, 4.69) is 4.98 Å². The first-order valence-corrected chi connectivity index (χ1v) is 4.07. The first-order chi connectivity index (χ1) is 6.16. The third-order valence-corrected chi connectivity index (χ3v) is 2.03. The number of nitrogens with zero attached hydrogens (tertiary/aromatic N) is 1. The largest absolute Gasteiger partial charge is 0.373 e. The predicted molar refractivity (Wildman–Crippen MR) is 45.7 cm³/mol. The highest BCUT2D eigenvalue weighted by atomic mass is 16.6. The first-order valence-electron chi connectivity index (χ1n) is 4.07. The van der Waals surface area contributed by atoms with Crippen LogP contribution >= 0.6 is 0 Å². The van der Waals surface area contributed by atoms with Crippen LogP contribution in [0.3, 0.4) is 0 Å². The molecular formula is C8H10N2O3. The lowest BCUT2D eigenvalue weighted by Gasteiger charge is -1.99. The van der Waals surface area contributed by atoms with Gasteiger partial charge in [-0.2, -0.15) is 0 Å². The van der Waals surface area contributed by atoms with Crippen LogP contribution in [0, 0.1) is 0 Å². The minimum atomic E-state index is -0.384. The van der Waals surface area contributed by atoms with Crippen LogP contribution in [0.15, 0.2) is 15.8 Å². The van der Waals surface area contributed by atoms with Crippen LogP contribution in [0.25, 0.3) is 0 Å². The van der Waals surface area contributed by atoms with Gasteiger partial charge in [0.2, 0.25) is 0 Å². The molecule has 5 heteroatoms. The number of hydrogen-bond acceptors (Lipinski definition) is 3. The van der Waals surface area contributed by atoms with E-state index in [1.54, 1.807) is 13.2 Å². The molecule has 1 aliphatic rings. The number of hydrogen-bond donors (Lipinski definition) is 1.